The highest BCUT2D eigenvalue weighted by atomic mass is 16.5. The van der Waals surface area contributed by atoms with E-state index in [9.17, 15) is 4.79 Å². The quantitative estimate of drug-likeness (QED) is 0.736. The van der Waals surface area contributed by atoms with Crippen LogP contribution in [0.5, 0.6) is 5.75 Å². The van der Waals surface area contributed by atoms with Crippen LogP contribution in [0.3, 0.4) is 0 Å². The predicted molar refractivity (Wildman–Crippen MR) is 56.4 cm³/mol. The maximum atomic E-state index is 11.5. The molecule has 2 aromatic rings. The molecule has 1 heterocycles. The molecule has 0 aliphatic rings. The smallest absolute Gasteiger partial charge is 0.257 e. The lowest BCUT2D eigenvalue weighted by Crippen LogP contribution is -2.16. The fraction of sp³-hybridized carbons (Fsp3) is 0.0909. The Morgan fingerprint density at radius 1 is 1.33 bits per heavy atom. The molecular weight excluding hydrogens is 192 g/mol. The topological polar surface area (TPSA) is 44.1 Å². The average Bonchev–Trinajstić information content (AvgIpc) is 2.30. The minimum Gasteiger partial charge on any atom is -0.497 e. The van der Waals surface area contributed by atoms with Crippen molar-refractivity contribution in [2.24, 2.45) is 0 Å². The Balaban J connectivity index is 2.54. The van der Waals surface area contributed by atoms with E-state index in [2.05, 4.69) is 4.98 Å². The number of nitrogens with zero attached hydrogens (tertiary/aromatic N) is 2. The zero-order valence-corrected chi connectivity index (χ0v) is 8.25. The molecule has 76 valence electrons. The van der Waals surface area contributed by atoms with Crippen molar-refractivity contribution < 1.29 is 4.74 Å². The van der Waals surface area contributed by atoms with Gasteiger partial charge >= 0.3 is 0 Å². The number of benzene rings is 1. The van der Waals surface area contributed by atoms with Gasteiger partial charge in [-0.25, -0.2) is 4.98 Å². The minimum absolute atomic E-state index is 0.113. The van der Waals surface area contributed by atoms with Crippen LogP contribution in [0, 0.1) is 0 Å². The third-order valence-electron chi connectivity index (χ3n) is 2.05. The van der Waals surface area contributed by atoms with Crippen molar-refractivity contribution in [2.75, 3.05) is 7.11 Å². The SMILES string of the molecule is COc1cccc(-n2cnccc2=O)c1. The van der Waals surface area contributed by atoms with Gasteiger partial charge in [0.05, 0.1) is 12.8 Å². The molecule has 1 aromatic carbocycles. The van der Waals surface area contributed by atoms with Gasteiger partial charge in [-0.15, -0.1) is 0 Å². The third-order valence-corrected chi connectivity index (χ3v) is 2.05. The van der Waals surface area contributed by atoms with Gasteiger partial charge in [0.15, 0.2) is 0 Å². The summed E-state index contributed by atoms with van der Waals surface area (Å²) < 4.78 is 6.54. The highest BCUT2D eigenvalue weighted by Gasteiger charge is 1.99. The summed E-state index contributed by atoms with van der Waals surface area (Å²) >= 11 is 0. The zero-order valence-electron chi connectivity index (χ0n) is 8.25. The van der Waals surface area contributed by atoms with Gasteiger partial charge in [0.1, 0.15) is 12.1 Å². The number of methoxy groups -OCH3 is 1. The molecule has 0 fully saturated rings. The molecule has 0 atom stereocenters. The number of rotatable bonds is 2. The van der Waals surface area contributed by atoms with Crippen molar-refractivity contribution in [1.29, 1.82) is 0 Å². The fourth-order valence-corrected chi connectivity index (χ4v) is 1.30. The Morgan fingerprint density at radius 3 is 2.93 bits per heavy atom. The van der Waals surface area contributed by atoms with E-state index in [0.717, 1.165) is 5.69 Å². The molecule has 0 radical (unpaired) electrons. The van der Waals surface area contributed by atoms with Crippen molar-refractivity contribution in [1.82, 2.24) is 9.55 Å². The molecule has 0 bridgehead atoms. The first-order valence-electron chi connectivity index (χ1n) is 4.48. The average molecular weight is 202 g/mol. The van der Waals surface area contributed by atoms with E-state index in [0.29, 0.717) is 5.75 Å². The van der Waals surface area contributed by atoms with E-state index in [-0.39, 0.29) is 5.56 Å². The molecule has 15 heavy (non-hydrogen) atoms. The summed E-state index contributed by atoms with van der Waals surface area (Å²) in [7, 11) is 1.59. The standard InChI is InChI=1S/C11H10N2O2/c1-15-10-4-2-3-9(7-10)13-8-12-6-5-11(13)14/h2-8H,1H3. The molecule has 4 heteroatoms. The van der Waals surface area contributed by atoms with Gasteiger partial charge < -0.3 is 4.74 Å². The van der Waals surface area contributed by atoms with Crippen molar-refractivity contribution in [3.05, 3.63) is 53.2 Å². The highest BCUT2D eigenvalue weighted by Crippen LogP contribution is 2.14. The van der Waals surface area contributed by atoms with E-state index in [1.165, 1.54) is 23.2 Å². The van der Waals surface area contributed by atoms with Gasteiger partial charge in [-0.05, 0) is 12.1 Å². The fourth-order valence-electron chi connectivity index (χ4n) is 1.30. The normalized spacial score (nSPS) is 9.93. The van der Waals surface area contributed by atoms with Crippen LogP contribution in [0.25, 0.3) is 5.69 Å². The van der Waals surface area contributed by atoms with Crippen LogP contribution in [0.1, 0.15) is 0 Å². The molecule has 0 aliphatic heterocycles. The summed E-state index contributed by atoms with van der Waals surface area (Å²) in [5.41, 5.74) is 0.630. The molecule has 0 aliphatic carbocycles. The molecular formula is C11H10N2O2. The number of aromatic nitrogens is 2. The summed E-state index contributed by atoms with van der Waals surface area (Å²) in [6.07, 6.45) is 2.95. The Hall–Kier alpha value is -2.10. The van der Waals surface area contributed by atoms with Crippen molar-refractivity contribution in [3.8, 4) is 11.4 Å². The number of hydrogen-bond donors (Lipinski definition) is 0. The van der Waals surface area contributed by atoms with Crippen LogP contribution in [0.2, 0.25) is 0 Å². The summed E-state index contributed by atoms with van der Waals surface area (Å²) in [5.74, 6) is 0.711. The second-order valence-corrected chi connectivity index (χ2v) is 2.99. The monoisotopic (exact) mass is 202 g/mol. The van der Waals surface area contributed by atoms with Crippen molar-refractivity contribution in [3.63, 3.8) is 0 Å². The second kappa shape index (κ2) is 3.96. The maximum absolute atomic E-state index is 11.5. The number of hydrogen-bond acceptors (Lipinski definition) is 3. The maximum Gasteiger partial charge on any atom is 0.257 e. The summed E-state index contributed by atoms with van der Waals surface area (Å²) in [5, 5.41) is 0. The van der Waals surface area contributed by atoms with E-state index >= 15 is 0 Å². The lowest BCUT2D eigenvalue weighted by Gasteiger charge is -2.05. The molecule has 0 N–H and O–H groups in total. The van der Waals surface area contributed by atoms with Crippen molar-refractivity contribution >= 4 is 0 Å². The molecule has 0 saturated carbocycles. The zero-order chi connectivity index (χ0) is 10.7. The lowest BCUT2D eigenvalue weighted by atomic mass is 10.3. The Labute approximate surface area is 86.8 Å². The van der Waals surface area contributed by atoms with Crippen molar-refractivity contribution in [2.45, 2.75) is 0 Å². The van der Waals surface area contributed by atoms with Gasteiger partial charge in [-0.1, -0.05) is 6.07 Å². The Kier molecular flexibility index (Phi) is 2.49. The van der Waals surface area contributed by atoms with E-state index < -0.39 is 0 Å². The lowest BCUT2D eigenvalue weighted by molar-refractivity contribution is 0.414. The molecule has 2 rings (SSSR count). The van der Waals surface area contributed by atoms with Crippen LogP contribution in [-0.4, -0.2) is 16.7 Å². The molecule has 0 spiro atoms. The molecule has 0 saturated heterocycles. The Morgan fingerprint density at radius 2 is 2.20 bits per heavy atom. The van der Waals surface area contributed by atoms with Crippen LogP contribution in [0.4, 0.5) is 0 Å². The first-order chi connectivity index (χ1) is 7.31. The first kappa shape index (κ1) is 9.45. The number of ether oxygens (including phenoxy) is 1. The van der Waals surface area contributed by atoms with Crippen LogP contribution in [-0.2, 0) is 0 Å². The summed E-state index contributed by atoms with van der Waals surface area (Å²) in [6.45, 7) is 0. The van der Waals surface area contributed by atoms with E-state index in [4.69, 9.17) is 4.74 Å². The van der Waals surface area contributed by atoms with Gasteiger partial charge in [0, 0.05) is 18.3 Å². The van der Waals surface area contributed by atoms with Gasteiger partial charge in [0.25, 0.3) is 5.56 Å². The summed E-state index contributed by atoms with van der Waals surface area (Å²) in [6, 6.07) is 8.67. The highest BCUT2D eigenvalue weighted by molar-refractivity contribution is 5.38. The van der Waals surface area contributed by atoms with Gasteiger partial charge in [-0.2, -0.15) is 0 Å². The molecule has 1 aromatic heterocycles. The van der Waals surface area contributed by atoms with Crippen LogP contribution >= 0.6 is 0 Å². The van der Waals surface area contributed by atoms with Gasteiger partial charge in [-0.3, -0.25) is 9.36 Å². The first-order valence-corrected chi connectivity index (χ1v) is 4.48. The molecule has 0 unspecified atom stereocenters. The summed E-state index contributed by atoms with van der Waals surface area (Å²) in [4.78, 5) is 15.4. The van der Waals surface area contributed by atoms with Crippen LogP contribution < -0.4 is 10.3 Å². The largest absolute Gasteiger partial charge is 0.497 e. The predicted octanol–water partition coefficient (Wildman–Crippen LogP) is 1.24. The third kappa shape index (κ3) is 1.88. The van der Waals surface area contributed by atoms with E-state index in [1.807, 2.05) is 18.2 Å². The van der Waals surface area contributed by atoms with E-state index in [1.54, 1.807) is 13.2 Å². The van der Waals surface area contributed by atoms with Crippen LogP contribution in [0.15, 0.2) is 47.7 Å². The van der Waals surface area contributed by atoms with Gasteiger partial charge in [0.2, 0.25) is 0 Å². The molecule has 4 nitrogen and oxygen atoms in total. The second-order valence-electron chi connectivity index (χ2n) is 2.99. The Bertz CT molecular complexity index is 520. The molecule has 0 amide bonds. The minimum atomic E-state index is -0.113.